The number of hydrogen-bond acceptors (Lipinski definition) is 5. The van der Waals surface area contributed by atoms with Crippen molar-refractivity contribution in [2.45, 2.75) is 44.7 Å². The standard InChI is InChI=1S/C36H40ClN3O5S/c1-4-45-32-19-17-31(18-20-32)40(46(43,44)33-21-15-30(37)16-22-33)26-35(41)39(25-29-13-9-6-10-14-29)34(36(42)38-24-27(2)3)23-28-11-7-5-8-12-28/h5-22,27,34H,4,23-26H2,1-3H3,(H,38,42)/t34-/m0/s1. The number of halogens is 1. The number of nitrogens with zero attached hydrogens (tertiary/aromatic N) is 2. The molecule has 0 heterocycles. The summed E-state index contributed by atoms with van der Waals surface area (Å²) in [7, 11) is -4.24. The van der Waals surface area contributed by atoms with Gasteiger partial charge in [-0.15, -0.1) is 0 Å². The van der Waals surface area contributed by atoms with Gasteiger partial charge in [0.1, 0.15) is 18.3 Å². The lowest BCUT2D eigenvalue weighted by Gasteiger charge is -2.34. The van der Waals surface area contributed by atoms with Crippen molar-refractivity contribution < 1.29 is 22.7 Å². The monoisotopic (exact) mass is 661 g/mol. The molecule has 0 unspecified atom stereocenters. The number of ether oxygens (including phenoxy) is 1. The molecule has 0 aromatic heterocycles. The summed E-state index contributed by atoms with van der Waals surface area (Å²) in [6, 6.07) is 30.2. The van der Waals surface area contributed by atoms with Crippen LogP contribution in [-0.4, -0.2) is 50.9 Å². The predicted octanol–water partition coefficient (Wildman–Crippen LogP) is 6.35. The summed E-state index contributed by atoms with van der Waals surface area (Å²) in [6.07, 6.45) is 0.246. The zero-order valence-corrected chi connectivity index (χ0v) is 27.9. The zero-order chi connectivity index (χ0) is 33.1. The minimum atomic E-state index is -4.24. The second-order valence-electron chi connectivity index (χ2n) is 11.2. The summed E-state index contributed by atoms with van der Waals surface area (Å²) in [5.74, 6) is -0.0814. The number of hydrogen-bond donors (Lipinski definition) is 1. The molecule has 46 heavy (non-hydrogen) atoms. The first-order valence-corrected chi connectivity index (χ1v) is 17.1. The molecular formula is C36H40ClN3O5S. The first-order valence-electron chi connectivity index (χ1n) is 15.2. The number of carbonyl (C=O) groups is 2. The fourth-order valence-corrected chi connectivity index (χ4v) is 6.43. The van der Waals surface area contributed by atoms with Crippen molar-refractivity contribution >= 4 is 39.1 Å². The van der Waals surface area contributed by atoms with Crippen LogP contribution in [0.5, 0.6) is 5.75 Å². The Hall–Kier alpha value is -4.34. The third-order valence-electron chi connectivity index (χ3n) is 7.27. The van der Waals surface area contributed by atoms with Crippen LogP contribution in [0.2, 0.25) is 5.02 Å². The minimum Gasteiger partial charge on any atom is -0.494 e. The first-order chi connectivity index (χ1) is 22.1. The molecule has 0 aliphatic heterocycles. The van der Waals surface area contributed by atoms with E-state index in [1.807, 2.05) is 81.4 Å². The van der Waals surface area contributed by atoms with E-state index in [1.165, 1.54) is 29.2 Å². The number of amides is 2. The van der Waals surface area contributed by atoms with Crippen LogP contribution in [0.25, 0.3) is 0 Å². The molecule has 4 aromatic rings. The molecule has 4 rings (SSSR count). The molecule has 0 saturated carbocycles. The Bertz CT molecular complexity index is 1670. The van der Waals surface area contributed by atoms with Crippen LogP contribution in [0.3, 0.4) is 0 Å². The Balaban J connectivity index is 1.78. The van der Waals surface area contributed by atoms with E-state index in [1.54, 1.807) is 24.3 Å². The average molecular weight is 662 g/mol. The van der Waals surface area contributed by atoms with Crippen molar-refractivity contribution in [3.63, 3.8) is 0 Å². The summed E-state index contributed by atoms with van der Waals surface area (Å²) in [4.78, 5) is 29.8. The zero-order valence-electron chi connectivity index (χ0n) is 26.3. The lowest BCUT2D eigenvalue weighted by Crippen LogP contribution is -2.53. The van der Waals surface area contributed by atoms with Gasteiger partial charge in [0.05, 0.1) is 17.2 Å². The number of carbonyl (C=O) groups excluding carboxylic acids is 2. The molecule has 0 spiro atoms. The van der Waals surface area contributed by atoms with Crippen molar-refractivity contribution in [1.29, 1.82) is 0 Å². The third-order valence-corrected chi connectivity index (χ3v) is 9.31. The fraction of sp³-hybridized carbons (Fsp3) is 0.278. The number of anilines is 1. The van der Waals surface area contributed by atoms with Crippen LogP contribution in [0.1, 0.15) is 31.9 Å². The molecular weight excluding hydrogens is 622 g/mol. The molecule has 1 N–H and O–H groups in total. The van der Waals surface area contributed by atoms with Gasteiger partial charge >= 0.3 is 0 Å². The van der Waals surface area contributed by atoms with Crippen molar-refractivity contribution in [3.05, 3.63) is 125 Å². The summed E-state index contributed by atoms with van der Waals surface area (Å²) >= 11 is 6.06. The second-order valence-corrected chi connectivity index (χ2v) is 13.5. The maximum Gasteiger partial charge on any atom is 0.264 e. The van der Waals surface area contributed by atoms with E-state index in [0.29, 0.717) is 23.9 Å². The number of sulfonamides is 1. The SMILES string of the molecule is CCOc1ccc(N(CC(=O)N(Cc2ccccc2)[C@@H](Cc2ccccc2)C(=O)NCC(C)C)S(=O)(=O)c2ccc(Cl)cc2)cc1. The lowest BCUT2D eigenvalue weighted by molar-refractivity contribution is -0.140. The highest BCUT2D eigenvalue weighted by atomic mass is 35.5. The largest absolute Gasteiger partial charge is 0.494 e. The predicted molar refractivity (Wildman–Crippen MR) is 182 cm³/mol. The quantitative estimate of drug-likeness (QED) is 0.160. The molecule has 4 aromatic carbocycles. The van der Waals surface area contributed by atoms with Crippen LogP contribution in [-0.2, 0) is 32.6 Å². The van der Waals surface area contributed by atoms with Crippen LogP contribution in [0.15, 0.2) is 114 Å². The molecule has 0 aliphatic rings. The molecule has 0 aliphatic carbocycles. The van der Waals surface area contributed by atoms with Gasteiger partial charge in [0.2, 0.25) is 11.8 Å². The van der Waals surface area contributed by atoms with Gasteiger partial charge in [-0.25, -0.2) is 8.42 Å². The van der Waals surface area contributed by atoms with Gasteiger partial charge < -0.3 is 15.0 Å². The second kappa shape index (κ2) is 16.3. The van der Waals surface area contributed by atoms with Crippen LogP contribution < -0.4 is 14.4 Å². The van der Waals surface area contributed by atoms with Crippen LogP contribution >= 0.6 is 11.6 Å². The van der Waals surface area contributed by atoms with Gasteiger partial charge in [-0.2, -0.15) is 0 Å². The van der Waals surface area contributed by atoms with Gasteiger partial charge in [-0.1, -0.05) is 86.1 Å². The molecule has 0 radical (unpaired) electrons. The Kier molecular flexibility index (Phi) is 12.2. The smallest absolute Gasteiger partial charge is 0.264 e. The van der Waals surface area contributed by atoms with Crippen LogP contribution in [0, 0.1) is 5.92 Å². The Morgan fingerprint density at radius 1 is 0.826 bits per heavy atom. The highest BCUT2D eigenvalue weighted by molar-refractivity contribution is 7.92. The maximum absolute atomic E-state index is 14.5. The Morgan fingerprint density at radius 3 is 1.98 bits per heavy atom. The summed E-state index contributed by atoms with van der Waals surface area (Å²) in [5.41, 5.74) is 1.95. The molecule has 2 amide bonds. The fourth-order valence-electron chi connectivity index (χ4n) is 4.89. The molecule has 0 saturated heterocycles. The molecule has 1 atom stereocenters. The summed E-state index contributed by atoms with van der Waals surface area (Å²) in [5, 5.41) is 3.38. The van der Waals surface area contributed by atoms with Crippen molar-refractivity contribution in [1.82, 2.24) is 10.2 Å². The van der Waals surface area contributed by atoms with Crippen molar-refractivity contribution in [2.75, 3.05) is 24.0 Å². The molecule has 10 heteroatoms. The first kappa shape index (κ1) is 34.5. The lowest BCUT2D eigenvalue weighted by atomic mass is 10.0. The Morgan fingerprint density at radius 2 is 1.41 bits per heavy atom. The normalized spacial score (nSPS) is 11.9. The van der Waals surface area contributed by atoms with E-state index in [9.17, 15) is 18.0 Å². The van der Waals surface area contributed by atoms with E-state index >= 15 is 0 Å². The van der Waals surface area contributed by atoms with E-state index in [4.69, 9.17) is 16.3 Å². The highest BCUT2D eigenvalue weighted by Crippen LogP contribution is 2.28. The molecule has 0 bridgehead atoms. The molecule has 8 nitrogen and oxygen atoms in total. The van der Waals surface area contributed by atoms with Gasteiger partial charge in [0.15, 0.2) is 0 Å². The van der Waals surface area contributed by atoms with Crippen molar-refractivity contribution in [2.24, 2.45) is 5.92 Å². The van der Waals surface area contributed by atoms with E-state index in [0.717, 1.165) is 15.4 Å². The third kappa shape index (κ3) is 9.34. The highest BCUT2D eigenvalue weighted by Gasteiger charge is 2.34. The van der Waals surface area contributed by atoms with E-state index in [2.05, 4.69) is 5.32 Å². The maximum atomic E-state index is 14.5. The number of rotatable bonds is 15. The Labute approximate surface area is 277 Å². The molecule has 0 fully saturated rings. The van der Waals surface area contributed by atoms with E-state index in [-0.39, 0.29) is 35.4 Å². The summed E-state index contributed by atoms with van der Waals surface area (Å²) in [6.45, 7) is 6.28. The minimum absolute atomic E-state index is 0.0243. The average Bonchev–Trinajstić information content (AvgIpc) is 3.05. The van der Waals surface area contributed by atoms with Gasteiger partial charge in [-0.3, -0.25) is 13.9 Å². The summed E-state index contributed by atoms with van der Waals surface area (Å²) < 4.78 is 34.9. The van der Waals surface area contributed by atoms with Gasteiger partial charge in [0, 0.05) is 24.5 Å². The number of nitrogens with one attached hydrogen (secondary N) is 1. The topological polar surface area (TPSA) is 96.0 Å². The van der Waals surface area contributed by atoms with Crippen molar-refractivity contribution in [3.8, 4) is 5.75 Å². The van der Waals surface area contributed by atoms with Gasteiger partial charge in [-0.05, 0) is 72.5 Å². The number of benzene rings is 4. The van der Waals surface area contributed by atoms with E-state index < -0.39 is 28.5 Å². The molecule has 242 valence electrons. The van der Waals surface area contributed by atoms with Gasteiger partial charge in [0.25, 0.3) is 10.0 Å². The van der Waals surface area contributed by atoms with Crippen LogP contribution in [0.4, 0.5) is 5.69 Å².